The van der Waals surface area contributed by atoms with Crippen LogP contribution < -0.4 is 0 Å². The van der Waals surface area contributed by atoms with Gasteiger partial charge in [0.1, 0.15) is 0 Å². The number of nitriles is 1. The Morgan fingerprint density at radius 3 is 1.78 bits per heavy atom. The van der Waals surface area contributed by atoms with Crippen LogP contribution in [0.5, 0.6) is 0 Å². The highest BCUT2D eigenvalue weighted by Crippen LogP contribution is 2.58. The first-order valence-corrected chi connectivity index (χ1v) is 19.4. The molecule has 0 saturated carbocycles. The average molecular weight is 740 g/mol. The molecule has 0 radical (unpaired) electrons. The van der Waals surface area contributed by atoms with Crippen LogP contribution >= 0.6 is 0 Å². The highest BCUT2D eigenvalue weighted by Gasteiger charge is 2.47. The number of fused-ring (bicyclic) bond motifs is 7. The molecule has 0 saturated heterocycles. The second kappa shape index (κ2) is 13.4. The molecule has 0 fully saturated rings. The van der Waals surface area contributed by atoms with Crippen LogP contribution in [-0.2, 0) is 5.41 Å². The molecule has 58 heavy (non-hydrogen) atoms. The van der Waals surface area contributed by atoms with Crippen molar-refractivity contribution in [2.75, 3.05) is 0 Å². The molecule has 0 bridgehead atoms. The number of hydrogen-bond acceptors (Lipinski definition) is 4. The van der Waals surface area contributed by atoms with Gasteiger partial charge in [0.2, 0.25) is 5.95 Å². The van der Waals surface area contributed by atoms with E-state index in [-0.39, 0.29) is 0 Å². The number of aromatic nitrogens is 4. The summed E-state index contributed by atoms with van der Waals surface area (Å²) in [5, 5.41) is 11.8. The van der Waals surface area contributed by atoms with E-state index >= 15 is 0 Å². The van der Waals surface area contributed by atoms with Crippen molar-refractivity contribution in [3.63, 3.8) is 0 Å². The fourth-order valence-corrected chi connectivity index (χ4v) is 9.07. The molecule has 2 aromatic heterocycles. The van der Waals surface area contributed by atoms with E-state index in [2.05, 4.69) is 180 Å². The number of rotatable bonds is 6. The fourth-order valence-electron chi connectivity index (χ4n) is 9.07. The fraction of sp³-hybridized carbons (Fsp3) is 0.0189. The van der Waals surface area contributed by atoms with Gasteiger partial charge in [-0.15, -0.1) is 0 Å². The van der Waals surface area contributed by atoms with E-state index in [4.69, 9.17) is 15.0 Å². The van der Waals surface area contributed by atoms with Crippen LogP contribution in [0.4, 0.5) is 0 Å². The summed E-state index contributed by atoms with van der Waals surface area (Å²) in [5.74, 6) is 1.60. The van der Waals surface area contributed by atoms with Gasteiger partial charge in [0.05, 0.1) is 28.1 Å². The van der Waals surface area contributed by atoms with Gasteiger partial charge < -0.3 is 0 Å². The second-order valence-electron chi connectivity index (χ2n) is 14.7. The van der Waals surface area contributed by atoms with Crippen molar-refractivity contribution < 1.29 is 0 Å². The lowest BCUT2D eigenvalue weighted by Crippen LogP contribution is -2.28. The van der Waals surface area contributed by atoms with Gasteiger partial charge in [-0.25, -0.2) is 4.98 Å². The minimum Gasteiger partial charge on any atom is -0.277 e. The molecular formula is C53H33N5. The first kappa shape index (κ1) is 33.4. The first-order valence-electron chi connectivity index (χ1n) is 19.4. The summed E-state index contributed by atoms with van der Waals surface area (Å²) in [4.78, 5) is 15.8. The lowest BCUT2D eigenvalue weighted by atomic mass is 9.67. The maximum atomic E-state index is 9.62. The first-order chi connectivity index (χ1) is 28.7. The third-order valence-electron chi connectivity index (χ3n) is 11.6. The van der Waals surface area contributed by atoms with Crippen LogP contribution in [0.25, 0.3) is 72.8 Å². The van der Waals surface area contributed by atoms with Crippen LogP contribution in [0.15, 0.2) is 200 Å². The monoisotopic (exact) mass is 739 g/mol. The predicted octanol–water partition coefficient (Wildman–Crippen LogP) is 12.2. The number of benzene rings is 8. The summed E-state index contributed by atoms with van der Waals surface area (Å²) < 4.78 is 2.24. The Kier molecular flexibility index (Phi) is 7.70. The summed E-state index contributed by atoms with van der Waals surface area (Å²) in [5.41, 5.74) is 13.1. The Morgan fingerprint density at radius 1 is 0.448 bits per heavy atom. The topological polar surface area (TPSA) is 67.4 Å². The molecule has 0 unspecified atom stereocenters. The van der Waals surface area contributed by atoms with Crippen molar-refractivity contribution in [3.8, 4) is 57.0 Å². The van der Waals surface area contributed by atoms with E-state index < -0.39 is 5.41 Å². The minimum atomic E-state index is -0.570. The molecule has 0 spiro atoms. The minimum absolute atomic E-state index is 0.517. The molecule has 5 heteroatoms. The molecule has 5 nitrogen and oxygen atoms in total. The molecule has 0 amide bonds. The number of para-hydroxylation sites is 1. The van der Waals surface area contributed by atoms with Crippen LogP contribution in [-0.4, -0.2) is 19.5 Å². The van der Waals surface area contributed by atoms with Gasteiger partial charge in [0.15, 0.2) is 11.6 Å². The van der Waals surface area contributed by atoms with Gasteiger partial charge in [-0.1, -0.05) is 164 Å². The highest BCUT2D eigenvalue weighted by atomic mass is 15.2. The molecule has 2 heterocycles. The molecule has 11 rings (SSSR count). The maximum absolute atomic E-state index is 9.62. The molecule has 8 aromatic carbocycles. The van der Waals surface area contributed by atoms with Crippen molar-refractivity contribution in [1.82, 2.24) is 19.5 Å². The molecule has 1 aliphatic carbocycles. The van der Waals surface area contributed by atoms with Gasteiger partial charge in [0, 0.05) is 27.5 Å². The maximum Gasteiger partial charge on any atom is 0.238 e. The Balaban J connectivity index is 1.25. The molecule has 270 valence electrons. The SMILES string of the molecule is N#Cc1ccc(-c2nc(-c3cccc(-c4ccccc4)c3)nc(-n3c4ccccc4c4ccc5c(c43)-c3ccccc3C5(c3ccccc3)c3ccccc3)n2)cc1. The van der Waals surface area contributed by atoms with Crippen molar-refractivity contribution in [2.24, 2.45) is 0 Å². The lowest BCUT2D eigenvalue weighted by Gasteiger charge is -2.33. The van der Waals surface area contributed by atoms with Crippen molar-refractivity contribution in [2.45, 2.75) is 5.41 Å². The lowest BCUT2D eigenvalue weighted by molar-refractivity contribution is 0.769. The van der Waals surface area contributed by atoms with E-state index in [9.17, 15) is 5.26 Å². The summed E-state index contributed by atoms with van der Waals surface area (Å²) in [7, 11) is 0. The zero-order chi connectivity index (χ0) is 38.6. The van der Waals surface area contributed by atoms with Gasteiger partial charge >= 0.3 is 0 Å². The summed E-state index contributed by atoms with van der Waals surface area (Å²) in [6, 6.07) is 72.2. The normalized spacial score (nSPS) is 12.6. The van der Waals surface area contributed by atoms with Gasteiger partial charge in [-0.05, 0) is 75.3 Å². The predicted molar refractivity (Wildman–Crippen MR) is 232 cm³/mol. The third kappa shape index (κ3) is 5.06. The Morgan fingerprint density at radius 2 is 1.05 bits per heavy atom. The summed E-state index contributed by atoms with van der Waals surface area (Å²) >= 11 is 0. The van der Waals surface area contributed by atoms with E-state index in [1.165, 1.54) is 27.8 Å². The van der Waals surface area contributed by atoms with E-state index in [0.29, 0.717) is 23.2 Å². The van der Waals surface area contributed by atoms with Crippen LogP contribution in [0.1, 0.15) is 27.8 Å². The molecule has 10 aromatic rings. The van der Waals surface area contributed by atoms with Gasteiger partial charge in [0.25, 0.3) is 0 Å². The summed E-state index contributed by atoms with van der Waals surface area (Å²) in [6.45, 7) is 0. The van der Waals surface area contributed by atoms with E-state index in [1.807, 2.05) is 30.3 Å². The zero-order valence-electron chi connectivity index (χ0n) is 31.3. The Bertz CT molecular complexity index is 3180. The number of nitrogens with zero attached hydrogens (tertiary/aromatic N) is 5. The standard InChI is InChI=1S/C53H33N5/c54-34-35-27-29-37(30-28-35)50-55-51(39-18-14-17-38(33-39)36-15-4-1-5-16-36)57-52(56-50)58-47-26-13-11-23-42(47)43-31-32-46-48(49(43)58)44-24-10-12-25-45(44)53(46,40-19-6-2-7-20-40)41-21-8-3-9-22-41/h1-33H. The van der Waals surface area contributed by atoms with Crippen LogP contribution in [0, 0.1) is 11.3 Å². The van der Waals surface area contributed by atoms with Crippen LogP contribution in [0.2, 0.25) is 0 Å². The Labute approximate surface area is 335 Å². The van der Waals surface area contributed by atoms with Crippen LogP contribution in [0.3, 0.4) is 0 Å². The van der Waals surface area contributed by atoms with Crippen molar-refractivity contribution in [1.29, 1.82) is 5.26 Å². The zero-order valence-corrected chi connectivity index (χ0v) is 31.3. The molecule has 1 aliphatic rings. The molecule has 0 aliphatic heterocycles. The average Bonchev–Trinajstić information content (AvgIpc) is 3.81. The quantitative estimate of drug-likeness (QED) is 0.170. The highest BCUT2D eigenvalue weighted by molar-refractivity contribution is 6.16. The van der Waals surface area contributed by atoms with Crippen molar-refractivity contribution >= 4 is 21.8 Å². The Hall–Kier alpha value is -7.94. The largest absolute Gasteiger partial charge is 0.277 e. The smallest absolute Gasteiger partial charge is 0.238 e. The third-order valence-corrected chi connectivity index (χ3v) is 11.6. The second-order valence-corrected chi connectivity index (χ2v) is 14.7. The van der Waals surface area contributed by atoms with E-state index in [1.54, 1.807) is 0 Å². The number of hydrogen-bond donors (Lipinski definition) is 0. The summed E-state index contributed by atoms with van der Waals surface area (Å²) in [6.07, 6.45) is 0. The van der Waals surface area contributed by atoms with Gasteiger partial charge in [-0.3, -0.25) is 4.57 Å². The molecule has 0 atom stereocenters. The van der Waals surface area contributed by atoms with E-state index in [0.717, 1.165) is 49.6 Å². The molecule has 0 N–H and O–H groups in total. The van der Waals surface area contributed by atoms with Crippen molar-refractivity contribution in [3.05, 3.63) is 228 Å². The molecular weight excluding hydrogens is 707 g/mol. The van der Waals surface area contributed by atoms with Gasteiger partial charge in [-0.2, -0.15) is 15.2 Å².